The van der Waals surface area contributed by atoms with Gasteiger partial charge in [0.25, 0.3) is 0 Å². The molecule has 0 amide bonds. The highest BCUT2D eigenvalue weighted by molar-refractivity contribution is 7.22. The van der Waals surface area contributed by atoms with Crippen LogP contribution < -0.4 is 9.80 Å². The molecule has 1 aromatic carbocycles. The molecule has 2 aliphatic rings. The van der Waals surface area contributed by atoms with Gasteiger partial charge in [-0.25, -0.2) is 4.98 Å². The molecular formula is C18H19N5S. The summed E-state index contributed by atoms with van der Waals surface area (Å²) >= 11 is 1.81. The number of thiazole rings is 1. The molecule has 24 heavy (non-hydrogen) atoms. The van der Waals surface area contributed by atoms with Crippen molar-refractivity contribution in [3.05, 3.63) is 42.1 Å². The van der Waals surface area contributed by atoms with Gasteiger partial charge in [-0.3, -0.25) is 0 Å². The van der Waals surface area contributed by atoms with E-state index in [1.54, 1.807) is 0 Å². The average molecular weight is 337 g/mol. The van der Waals surface area contributed by atoms with Crippen molar-refractivity contribution in [2.24, 2.45) is 11.8 Å². The summed E-state index contributed by atoms with van der Waals surface area (Å²) in [4.78, 5) is 9.67. The molecule has 0 N–H and O–H groups in total. The first kappa shape index (κ1) is 14.2. The van der Waals surface area contributed by atoms with Gasteiger partial charge in [0.1, 0.15) is 0 Å². The Labute approximate surface area is 145 Å². The summed E-state index contributed by atoms with van der Waals surface area (Å²) in [6, 6.07) is 12.5. The van der Waals surface area contributed by atoms with Gasteiger partial charge in [0, 0.05) is 38.0 Å². The van der Waals surface area contributed by atoms with Gasteiger partial charge in [0.15, 0.2) is 10.9 Å². The van der Waals surface area contributed by atoms with Gasteiger partial charge in [0.05, 0.1) is 15.9 Å². The summed E-state index contributed by atoms with van der Waals surface area (Å²) in [6.07, 6.45) is 0. The molecule has 2 fully saturated rings. The molecule has 0 saturated carbocycles. The Morgan fingerprint density at radius 2 is 1.67 bits per heavy atom. The van der Waals surface area contributed by atoms with Gasteiger partial charge in [-0.15, -0.1) is 5.10 Å². The number of benzene rings is 1. The number of para-hydroxylation sites is 1. The first-order chi connectivity index (χ1) is 11.8. The first-order valence-electron chi connectivity index (χ1n) is 8.42. The Balaban J connectivity index is 1.32. The summed E-state index contributed by atoms with van der Waals surface area (Å²) in [5.74, 6) is 2.40. The fourth-order valence-corrected chi connectivity index (χ4v) is 4.88. The monoisotopic (exact) mass is 337 g/mol. The number of aromatic nitrogens is 3. The maximum atomic E-state index is 4.82. The lowest BCUT2D eigenvalue weighted by Crippen LogP contribution is -2.29. The zero-order valence-corrected chi connectivity index (χ0v) is 14.4. The lowest BCUT2D eigenvalue weighted by atomic mass is 10.0. The summed E-state index contributed by atoms with van der Waals surface area (Å²) < 4.78 is 1.28. The van der Waals surface area contributed by atoms with Crippen LogP contribution in [0.5, 0.6) is 0 Å². The van der Waals surface area contributed by atoms with E-state index in [0.29, 0.717) is 11.8 Å². The van der Waals surface area contributed by atoms with Gasteiger partial charge in [-0.05, 0) is 31.2 Å². The summed E-state index contributed by atoms with van der Waals surface area (Å²) in [7, 11) is 0. The number of fused-ring (bicyclic) bond motifs is 2. The lowest BCUT2D eigenvalue weighted by Gasteiger charge is -2.21. The van der Waals surface area contributed by atoms with Crippen molar-refractivity contribution in [1.82, 2.24) is 15.2 Å². The third-order valence-electron chi connectivity index (χ3n) is 5.15. The number of hydrogen-bond donors (Lipinski definition) is 0. The predicted octanol–water partition coefficient (Wildman–Crippen LogP) is 2.97. The highest BCUT2D eigenvalue weighted by Gasteiger charge is 2.41. The van der Waals surface area contributed by atoms with Gasteiger partial charge in [-0.1, -0.05) is 23.5 Å². The summed E-state index contributed by atoms with van der Waals surface area (Å²) in [5, 5.41) is 9.71. The first-order valence-corrected chi connectivity index (χ1v) is 9.24. The van der Waals surface area contributed by atoms with E-state index < -0.39 is 0 Å². The Morgan fingerprint density at radius 3 is 2.38 bits per heavy atom. The zero-order chi connectivity index (χ0) is 16.1. The maximum Gasteiger partial charge on any atom is 0.186 e. The lowest BCUT2D eigenvalue weighted by molar-refractivity contribution is 0.533. The molecule has 0 radical (unpaired) electrons. The minimum atomic E-state index is 0.695. The molecular weight excluding hydrogens is 318 g/mol. The summed E-state index contributed by atoms with van der Waals surface area (Å²) in [5.41, 5.74) is 2.09. The molecule has 3 aromatic rings. The Hall–Kier alpha value is -2.21. The Morgan fingerprint density at radius 1 is 0.917 bits per heavy atom. The minimum absolute atomic E-state index is 0.695. The standard InChI is InChI=1S/C18H19N5S/c1-12-6-7-17(21-20-12)22-8-13-10-23(11-14(13)9-22)18-19-15-4-2-3-5-16(15)24-18/h2-7,13-14H,8-11H2,1H3. The van der Waals surface area contributed by atoms with E-state index in [0.717, 1.165) is 43.2 Å². The molecule has 6 heteroatoms. The molecule has 5 nitrogen and oxygen atoms in total. The smallest absolute Gasteiger partial charge is 0.186 e. The van der Waals surface area contributed by atoms with Crippen LogP contribution in [-0.4, -0.2) is 41.4 Å². The van der Waals surface area contributed by atoms with Crippen molar-refractivity contribution in [2.75, 3.05) is 36.0 Å². The van der Waals surface area contributed by atoms with Crippen LogP contribution in [0.4, 0.5) is 10.9 Å². The zero-order valence-electron chi connectivity index (χ0n) is 13.6. The van der Waals surface area contributed by atoms with E-state index in [9.17, 15) is 0 Å². The van der Waals surface area contributed by atoms with E-state index in [1.165, 1.54) is 9.83 Å². The van der Waals surface area contributed by atoms with Crippen molar-refractivity contribution in [2.45, 2.75) is 6.92 Å². The third kappa shape index (κ3) is 2.33. The molecule has 0 spiro atoms. The van der Waals surface area contributed by atoms with Crippen LogP contribution in [0.1, 0.15) is 5.69 Å². The van der Waals surface area contributed by atoms with Crippen molar-refractivity contribution in [3.8, 4) is 0 Å². The number of anilines is 2. The average Bonchev–Trinajstić information content (AvgIpc) is 3.27. The van der Waals surface area contributed by atoms with E-state index in [-0.39, 0.29) is 0 Å². The molecule has 4 heterocycles. The second-order valence-corrected chi connectivity index (χ2v) is 7.84. The third-order valence-corrected chi connectivity index (χ3v) is 6.24. The van der Waals surface area contributed by atoms with Crippen LogP contribution in [0.3, 0.4) is 0 Å². The molecule has 2 unspecified atom stereocenters. The molecule has 2 aromatic heterocycles. The molecule has 2 atom stereocenters. The number of hydrogen-bond acceptors (Lipinski definition) is 6. The fourth-order valence-electron chi connectivity index (χ4n) is 3.89. The molecule has 2 saturated heterocycles. The Bertz CT molecular complexity index is 828. The topological polar surface area (TPSA) is 45.2 Å². The predicted molar refractivity (Wildman–Crippen MR) is 97.8 cm³/mol. The fraction of sp³-hybridized carbons (Fsp3) is 0.389. The second-order valence-electron chi connectivity index (χ2n) is 6.83. The van der Waals surface area contributed by atoms with Crippen molar-refractivity contribution in [3.63, 3.8) is 0 Å². The SMILES string of the molecule is Cc1ccc(N2CC3CN(c4nc5ccccc5s4)CC3C2)nn1. The van der Waals surface area contributed by atoms with Crippen LogP contribution in [0.25, 0.3) is 10.2 Å². The largest absolute Gasteiger partial charge is 0.354 e. The van der Waals surface area contributed by atoms with Crippen LogP contribution >= 0.6 is 11.3 Å². The van der Waals surface area contributed by atoms with Gasteiger partial charge in [0.2, 0.25) is 0 Å². The maximum absolute atomic E-state index is 4.82. The summed E-state index contributed by atoms with van der Waals surface area (Å²) in [6.45, 7) is 6.32. The highest BCUT2D eigenvalue weighted by atomic mass is 32.1. The van der Waals surface area contributed by atoms with Crippen molar-refractivity contribution in [1.29, 1.82) is 0 Å². The molecule has 0 aliphatic carbocycles. The minimum Gasteiger partial charge on any atom is -0.354 e. The molecule has 0 bridgehead atoms. The number of aryl methyl sites for hydroxylation is 1. The number of rotatable bonds is 2. The normalized spacial score (nSPS) is 23.2. The van der Waals surface area contributed by atoms with Gasteiger partial charge >= 0.3 is 0 Å². The molecule has 122 valence electrons. The second kappa shape index (κ2) is 5.41. The van der Waals surface area contributed by atoms with Crippen LogP contribution in [0.2, 0.25) is 0 Å². The highest BCUT2D eigenvalue weighted by Crippen LogP contribution is 2.38. The quantitative estimate of drug-likeness (QED) is 0.719. The van der Waals surface area contributed by atoms with Crippen molar-refractivity contribution >= 4 is 32.5 Å². The van der Waals surface area contributed by atoms with Crippen LogP contribution in [0.15, 0.2) is 36.4 Å². The van der Waals surface area contributed by atoms with Crippen molar-refractivity contribution < 1.29 is 0 Å². The van der Waals surface area contributed by atoms with Gasteiger partial charge < -0.3 is 9.80 Å². The number of nitrogens with zero attached hydrogens (tertiary/aromatic N) is 5. The van der Waals surface area contributed by atoms with E-state index in [1.807, 2.05) is 24.3 Å². The van der Waals surface area contributed by atoms with Crippen LogP contribution in [-0.2, 0) is 0 Å². The molecule has 2 aliphatic heterocycles. The Kier molecular flexibility index (Phi) is 3.19. The molecule has 5 rings (SSSR count). The van der Waals surface area contributed by atoms with Gasteiger partial charge in [-0.2, -0.15) is 5.10 Å². The van der Waals surface area contributed by atoms with E-state index >= 15 is 0 Å². The van der Waals surface area contributed by atoms with E-state index in [2.05, 4.69) is 50.3 Å². The van der Waals surface area contributed by atoms with Crippen LogP contribution in [0, 0.1) is 18.8 Å². The van der Waals surface area contributed by atoms with E-state index in [4.69, 9.17) is 4.98 Å².